The van der Waals surface area contributed by atoms with Gasteiger partial charge in [-0.2, -0.15) is 0 Å². The highest BCUT2D eigenvalue weighted by Gasteiger charge is 2.30. The van der Waals surface area contributed by atoms with Gasteiger partial charge in [0.1, 0.15) is 11.9 Å². The van der Waals surface area contributed by atoms with E-state index in [0.717, 1.165) is 16.7 Å². The van der Waals surface area contributed by atoms with E-state index in [-0.39, 0.29) is 35.8 Å². The summed E-state index contributed by atoms with van der Waals surface area (Å²) in [6.45, 7) is 6.89. The summed E-state index contributed by atoms with van der Waals surface area (Å²) in [7, 11) is 0. The molecule has 0 saturated carbocycles. The molecule has 1 unspecified atom stereocenters. The van der Waals surface area contributed by atoms with E-state index in [0.29, 0.717) is 18.7 Å². The Balaban J connectivity index is 1.82. The van der Waals surface area contributed by atoms with Crippen molar-refractivity contribution in [3.8, 4) is 0 Å². The first-order valence-electron chi connectivity index (χ1n) is 12.3. The Hall–Kier alpha value is -3.12. The minimum absolute atomic E-state index is 0.114. The van der Waals surface area contributed by atoms with Gasteiger partial charge in [-0.15, -0.1) is 11.8 Å². The lowest BCUT2D eigenvalue weighted by Gasteiger charge is -2.32. The average Bonchev–Trinajstić information content (AvgIpc) is 2.87. The Morgan fingerprint density at radius 1 is 0.889 bits per heavy atom. The number of thioether (sulfide) groups is 1. The fourth-order valence-corrected chi connectivity index (χ4v) is 4.66. The average molecular weight is 507 g/mol. The monoisotopic (exact) mass is 506 g/mol. The largest absolute Gasteiger partial charge is 0.354 e. The quantitative estimate of drug-likeness (QED) is 0.339. The summed E-state index contributed by atoms with van der Waals surface area (Å²) in [4.78, 5) is 28.6. The van der Waals surface area contributed by atoms with Crippen molar-refractivity contribution in [2.75, 3.05) is 12.3 Å². The molecule has 36 heavy (non-hydrogen) atoms. The Labute approximate surface area is 218 Å². The molecule has 1 atom stereocenters. The van der Waals surface area contributed by atoms with E-state index in [1.807, 2.05) is 51.1 Å². The second-order valence-corrected chi connectivity index (χ2v) is 10.5. The number of hydrogen-bond donors (Lipinski definition) is 1. The predicted octanol–water partition coefficient (Wildman–Crippen LogP) is 5.78. The third kappa shape index (κ3) is 8.83. The van der Waals surface area contributed by atoms with Crippen molar-refractivity contribution in [2.24, 2.45) is 5.92 Å². The zero-order valence-electron chi connectivity index (χ0n) is 21.2. The zero-order chi connectivity index (χ0) is 25.9. The Morgan fingerprint density at radius 2 is 1.53 bits per heavy atom. The van der Waals surface area contributed by atoms with E-state index in [1.54, 1.807) is 17.0 Å². The van der Waals surface area contributed by atoms with Crippen LogP contribution in [0.15, 0.2) is 78.9 Å². The zero-order valence-corrected chi connectivity index (χ0v) is 22.1. The molecular formula is C30H35FN2O2S. The molecule has 0 aliphatic heterocycles. The Kier molecular flexibility index (Phi) is 10.6. The molecule has 0 saturated heterocycles. The summed E-state index contributed by atoms with van der Waals surface area (Å²) in [5.41, 5.74) is 4.11. The van der Waals surface area contributed by atoms with Gasteiger partial charge in [0.15, 0.2) is 0 Å². The molecular weight excluding hydrogens is 471 g/mol. The first kappa shape index (κ1) is 27.5. The fraction of sp³-hybridized carbons (Fsp3) is 0.333. The van der Waals surface area contributed by atoms with Crippen LogP contribution in [0.1, 0.15) is 36.1 Å². The van der Waals surface area contributed by atoms with Gasteiger partial charge in [-0.1, -0.05) is 86.1 Å². The molecule has 3 aromatic carbocycles. The molecule has 3 aromatic rings. The number of nitrogens with one attached hydrogen (secondary N) is 1. The smallest absolute Gasteiger partial charge is 0.243 e. The van der Waals surface area contributed by atoms with Crippen molar-refractivity contribution >= 4 is 23.6 Å². The summed E-state index contributed by atoms with van der Waals surface area (Å²) >= 11 is 1.53. The van der Waals surface area contributed by atoms with Crippen LogP contribution in [0.3, 0.4) is 0 Å². The fourth-order valence-electron chi connectivity index (χ4n) is 3.79. The van der Waals surface area contributed by atoms with Gasteiger partial charge in [0.25, 0.3) is 0 Å². The molecule has 0 radical (unpaired) electrons. The van der Waals surface area contributed by atoms with E-state index in [9.17, 15) is 14.0 Å². The summed E-state index contributed by atoms with van der Waals surface area (Å²) < 4.78 is 13.5. The van der Waals surface area contributed by atoms with Gasteiger partial charge in [-0.25, -0.2) is 4.39 Å². The number of carbonyl (C=O) groups excluding carboxylic acids is 2. The minimum atomic E-state index is -0.677. The number of hydrogen-bond acceptors (Lipinski definition) is 3. The normalized spacial score (nSPS) is 11.8. The molecule has 2 amide bonds. The lowest BCUT2D eigenvalue weighted by molar-refractivity contribution is -0.139. The Morgan fingerprint density at radius 3 is 2.17 bits per heavy atom. The summed E-state index contributed by atoms with van der Waals surface area (Å²) in [5.74, 6) is 0.624. The molecule has 4 nitrogen and oxygen atoms in total. The van der Waals surface area contributed by atoms with E-state index < -0.39 is 6.04 Å². The van der Waals surface area contributed by atoms with Crippen LogP contribution in [0, 0.1) is 18.7 Å². The summed E-state index contributed by atoms with van der Waals surface area (Å²) in [6.07, 6.45) is 0.403. The molecule has 1 N–H and O–H groups in total. The molecule has 0 heterocycles. The van der Waals surface area contributed by atoms with Crippen LogP contribution in [0.4, 0.5) is 4.39 Å². The molecule has 0 bridgehead atoms. The first-order valence-corrected chi connectivity index (χ1v) is 13.5. The summed E-state index contributed by atoms with van der Waals surface area (Å²) in [6, 6.07) is 23.4. The maximum atomic E-state index is 13.6. The van der Waals surface area contributed by atoms with Crippen molar-refractivity contribution in [3.63, 3.8) is 0 Å². The van der Waals surface area contributed by atoms with Gasteiger partial charge < -0.3 is 10.2 Å². The highest BCUT2D eigenvalue weighted by atomic mass is 32.2. The summed E-state index contributed by atoms with van der Waals surface area (Å²) in [5, 5.41) is 3.02. The predicted molar refractivity (Wildman–Crippen MR) is 146 cm³/mol. The van der Waals surface area contributed by atoms with E-state index in [2.05, 4.69) is 29.6 Å². The van der Waals surface area contributed by atoms with Gasteiger partial charge in [-0.05, 0) is 41.7 Å². The molecule has 3 rings (SSSR count). The van der Waals surface area contributed by atoms with Crippen molar-refractivity contribution in [3.05, 3.63) is 107 Å². The molecule has 0 fully saturated rings. The number of aryl methyl sites for hydroxylation is 1. The maximum absolute atomic E-state index is 13.6. The number of amides is 2. The van der Waals surface area contributed by atoms with Gasteiger partial charge in [0, 0.05) is 25.3 Å². The number of benzene rings is 3. The highest BCUT2D eigenvalue weighted by molar-refractivity contribution is 7.99. The van der Waals surface area contributed by atoms with Gasteiger partial charge in [0.2, 0.25) is 11.8 Å². The number of carbonyl (C=O) groups is 2. The number of halogens is 1. The van der Waals surface area contributed by atoms with Crippen LogP contribution >= 0.6 is 11.8 Å². The molecule has 0 aromatic heterocycles. The van der Waals surface area contributed by atoms with Crippen molar-refractivity contribution in [1.82, 2.24) is 10.2 Å². The lowest BCUT2D eigenvalue weighted by Crippen LogP contribution is -2.51. The number of nitrogens with zero attached hydrogens (tertiary/aromatic N) is 1. The van der Waals surface area contributed by atoms with Crippen molar-refractivity contribution in [1.29, 1.82) is 0 Å². The van der Waals surface area contributed by atoms with Crippen LogP contribution in [0.5, 0.6) is 0 Å². The topological polar surface area (TPSA) is 49.4 Å². The van der Waals surface area contributed by atoms with Gasteiger partial charge in [0.05, 0.1) is 5.75 Å². The molecule has 0 aliphatic rings. The van der Waals surface area contributed by atoms with E-state index >= 15 is 0 Å². The van der Waals surface area contributed by atoms with Crippen LogP contribution in [-0.4, -0.2) is 35.1 Å². The maximum Gasteiger partial charge on any atom is 0.243 e. The van der Waals surface area contributed by atoms with Crippen LogP contribution in [-0.2, 0) is 28.3 Å². The van der Waals surface area contributed by atoms with Crippen LogP contribution in [0.25, 0.3) is 0 Å². The molecule has 6 heteroatoms. The Bertz CT molecular complexity index is 1100. The lowest BCUT2D eigenvalue weighted by atomic mass is 10.0. The SMILES string of the molecule is Cc1ccc(CSCC(=O)N(Cc2ccc(F)cc2)C(Cc2ccccc2)C(=O)NCC(C)C)cc1. The minimum Gasteiger partial charge on any atom is -0.354 e. The second-order valence-electron chi connectivity index (χ2n) is 9.47. The van der Waals surface area contributed by atoms with E-state index in [1.165, 1.54) is 29.5 Å². The third-order valence-corrected chi connectivity index (χ3v) is 6.83. The van der Waals surface area contributed by atoms with Gasteiger partial charge in [-0.3, -0.25) is 9.59 Å². The molecule has 0 spiro atoms. The second kappa shape index (κ2) is 13.8. The first-order chi connectivity index (χ1) is 17.3. The van der Waals surface area contributed by atoms with Crippen LogP contribution < -0.4 is 5.32 Å². The molecule has 190 valence electrons. The third-order valence-electron chi connectivity index (χ3n) is 5.84. The van der Waals surface area contributed by atoms with Crippen molar-refractivity contribution in [2.45, 2.75) is 45.5 Å². The number of rotatable bonds is 12. The highest BCUT2D eigenvalue weighted by Crippen LogP contribution is 2.19. The van der Waals surface area contributed by atoms with Crippen molar-refractivity contribution < 1.29 is 14.0 Å². The molecule has 0 aliphatic carbocycles. The van der Waals surface area contributed by atoms with Crippen LogP contribution in [0.2, 0.25) is 0 Å². The van der Waals surface area contributed by atoms with E-state index in [4.69, 9.17) is 0 Å². The standard InChI is InChI=1S/C30H35FN2O2S/c1-22(2)18-32-30(35)28(17-24-7-5-4-6-8-24)33(19-25-13-15-27(31)16-14-25)29(34)21-36-20-26-11-9-23(3)10-12-26/h4-16,22,28H,17-21H2,1-3H3,(H,32,35). The van der Waals surface area contributed by atoms with Gasteiger partial charge >= 0.3 is 0 Å².